The van der Waals surface area contributed by atoms with Crippen LogP contribution in [0.25, 0.3) is 11.1 Å². The van der Waals surface area contributed by atoms with E-state index in [9.17, 15) is 0 Å². The van der Waals surface area contributed by atoms with Crippen LogP contribution in [0.4, 0.5) is 0 Å². The molecule has 2 aliphatic rings. The Hall–Kier alpha value is -1.15. The Labute approximate surface area is 337 Å². The van der Waals surface area contributed by atoms with Gasteiger partial charge in [0.25, 0.3) is 0 Å². The Morgan fingerprint density at radius 3 is 1.60 bits per heavy atom. The Kier molecular flexibility index (Phi) is 21.4. The maximum absolute atomic E-state index is 5.70. The number of rotatable bonds is 0. The van der Waals surface area contributed by atoms with Crippen molar-refractivity contribution in [1.29, 1.82) is 0 Å². The van der Waals surface area contributed by atoms with Crippen molar-refractivity contribution in [2.24, 2.45) is 0 Å². The van der Waals surface area contributed by atoms with Gasteiger partial charge in [-0.25, -0.2) is 12.2 Å². The Balaban J connectivity index is 0.000000682. The standard InChI is InChI=1S/C21H25.2C7H5Cl2.C5H5.CH2.2ClH.Zr/c1-20(2,3)16-7-9-18-14(12-16)11-15-13-17(21(4,5)6)8-10-19(15)18;2*1-5-2-3-6(8)4-7(5)9;1-2-4-5-3-1;;;;/h7-10,12H,11H2,1-6H3;2*3-4H,1H3;1-3H,4H2;1H2;2*1H;/q4*-1;;;;. The number of halogens is 6. The molecule has 0 atom stereocenters. The molecule has 6 rings (SSSR count). The molecule has 0 amide bonds. The number of hydrogen-bond acceptors (Lipinski definition) is 0. The van der Waals surface area contributed by atoms with Crippen LogP contribution in [0.2, 0.25) is 20.1 Å². The molecule has 0 saturated carbocycles. The molecule has 0 nitrogen and oxygen atoms in total. The normalized spacial score (nSPS) is 11.6. The first-order valence-corrected chi connectivity index (χ1v) is 18.2. The molecule has 48 heavy (non-hydrogen) atoms. The van der Waals surface area contributed by atoms with E-state index >= 15 is 0 Å². The number of aryl methyl sites for hydroxylation is 2. The summed E-state index contributed by atoms with van der Waals surface area (Å²) in [6, 6.07) is 27.8. The minimum absolute atomic E-state index is 0. The van der Waals surface area contributed by atoms with Crippen LogP contribution in [-0.2, 0) is 41.5 Å². The predicted molar refractivity (Wildman–Crippen MR) is 214 cm³/mol. The summed E-state index contributed by atoms with van der Waals surface area (Å²) < 4.78 is 3.34. The topological polar surface area (TPSA) is 0 Å². The molecule has 0 heterocycles. The number of fused-ring (bicyclic) bond motifs is 3. The first kappa shape index (κ1) is 46.9. The van der Waals surface area contributed by atoms with Crippen LogP contribution in [0.3, 0.4) is 0 Å². The van der Waals surface area contributed by atoms with Gasteiger partial charge in [-0.15, -0.1) is 65.6 Å². The fourth-order valence-electron chi connectivity index (χ4n) is 4.40. The van der Waals surface area contributed by atoms with Crippen molar-refractivity contribution in [3.63, 3.8) is 0 Å². The fraction of sp³-hybridized carbons (Fsp3) is 0.293. The van der Waals surface area contributed by atoms with E-state index < -0.39 is 0 Å². The summed E-state index contributed by atoms with van der Waals surface area (Å²) in [4.78, 5) is 0. The predicted octanol–water partition coefficient (Wildman–Crippen LogP) is 14.0. The molecule has 258 valence electrons. The zero-order valence-corrected chi connectivity index (χ0v) is 36.0. The van der Waals surface area contributed by atoms with Gasteiger partial charge in [0.1, 0.15) is 0 Å². The van der Waals surface area contributed by atoms with Crippen LogP contribution in [0.5, 0.6) is 0 Å². The summed E-state index contributed by atoms with van der Waals surface area (Å²) in [6.07, 6.45) is 11.0. The van der Waals surface area contributed by atoms with Crippen molar-refractivity contribution in [2.75, 3.05) is 0 Å². The Morgan fingerprint density at radius 2 is 1.23 bits per heavy atom. The number of benzene rings is 4. The molecule has 0 aliphatic heterocycles. The Morgan fingerprint density at radius 1 is 0.708 bits per heavy atom. The van der Waals surface area contributed by atoms with E-state index in [0.29, 0.717) is 20.1 Å². The first-order chi connectivity index (χ1) is 21.6. The molecule has 0 spiro atoms. The van der Waals surface area contributed by atoms with Gasteiger partial charge in [0.05, 0.1) is 0 Å². The van der Waals surface area contributed by atoms with Crippen LogP contribution < -0.4 is 0 Å². The maximum atomic E-state index is 5.70. The van der Waals surface area contributed by atoms with Gasteiger partial charge < -0.3 is 0 Å². The van der Waals surface area contributed by atoms with Gasteiger partial charge in [-0.2, -0.15) is 101 Å². The van der Waals surface area contributed by atoms with Gasteiger partial charge in [0, 0.05) is 0 Å². The molecule has 0 aromatic heterocycles. The van der Waals surface area contributed by atoms with Crippen molar-refractivity contribution >= 4 is 75.4 Å². The second-order valence-corrected chi connectivity index (χ2v) is 14.6. The van der Waals surface area contributed by atoms with Gasteiger partial charge in [0.2, 0.25) is 0 Å². The quantitative estimate of drug-likeness (QED) is 0.136. The van der Waals surface area contributed by atoms with E-state index in [0.717, 1.165) is 24.0 Å². The molecule has 7 heteroatoms. The first-order valence-electron chi connectivity index (χ1n) is 15.0. The molecular weight excluding hydrogens is 796 g/mol. The van der Waals surface area contributed by atoms with E-state index in [1.807, 2.05) is 26.0 Å². The molecular formula is C41H44Cl6Zr-4. The van der Waals surface area contributed by atoms with E-state index in [-0.39, 0.29) is 35.6 Å². The molecule has 0 radical (unpaired) electrons. The second kappa shape index (κ2) is 21.9. The van der Waals surface area contributed by atoms with Crippen molar-refractivity contribution in [2.45, 2.75) is 79.1 Å². The molecule has 2 aliphatic carbocycles. The van der Waals surface area contributed by atoms with E-state index in [2.05, 4.69) is 106 Å². The van der Waals surface area contributed by atoms with Crippen molar-refractivity contribution < 1.29 is 24.2 Å². The van der Waals surface area contributed by atoms with Crippen molar-refractivity contribution in [3.8, 4) is 11.1 Å². The van der Waals surface area contributed by atoms with Gasteiger partial charge in [0.15, 0.2) is 0 Å². The molecule has 0 unspecified atom stereocenters. The second-order valence-electron chi connectivity index (χ2n) is 12.9. The van der Waals surface area contributed by atoms with Crippen LogP contribution in [0.1, 0.15) is 81.3 Å². The van der Waals surface area contributed by atoms with Crippen LogP contribution in [0.15, 0.2) is 72.8 Å². The molecule has 4 aromatic rings. The molecule has 0 fully saturated rings. The monoisotopic (exact) mass is 836 g/mol. The molecule has 4 aromatic carbocycles. The number of allylic oxidation sites excluding steroid dienone is 4. The van der Waals surface area contributed by atoms with Crippen molar-refractivity contribution in [1.82, 2.24) is 0 Å². The molecule has 0 bridgehead atoms. The third kappa shape index (κ3) is 15.0. The van der Waals surface area contributed by atoms with Crippen LogP contribution >= 0.6 is 71.2 Å². The third-order valence-electron chi connectivity index (χ3n) is 7.15. The summed E-state index contributed by atoms with van der Waals surface area (Å²) in [6.45, 7) is 17.4. The summed E-state index contributed by atoms with van der Waals surface area (Å²) in [7, 11) is 0. The fourth-order valence-corrected chi connectivity index (χ4v) is 5.19. The zero-order valence-electron chi connectivity index (χ0n) is 28.9. The van der Waals surface area contributed by atoms with Crippen LogP contribution in [0, 0.1) is 38.1 Å². The molecule has 0 saturated heterocycles. The summed E-state index contributed by atoms with van der Waals surface area (Å²) >= 11 is 23.9. The van der Waals surface area contributed by atoms with Gasteiger partial charge in [-0.3, -0.25) is 6.08 Å². The SMILES string of the molecule is CC(C)(C)c1[c-]c2c(cc1)-c1ccc(C(C)(C)C)cc1C2.Cc1[c-]cc(Cl)cc1Cl.Cc1[c-]cc(Cl)cc1Cl.Cl.Cl.[C-]1=CC=CC1.[CH2]=[Zr]. The minimum atomic E-state index is 0. The third-order valence-corrected chi connectivity index (χ3v) is 8.37. The number of hydrogen-bond donors (Lipinski definition) is 0. The van der Waals surface area contributed by atoms with E-state index in [1.165, 1.54) is 57.6 Å². The van der Waals surface area contributed by atoms with Gasteiger partial charge in [-0.05, 0) is 28.4 Å². The summed E-state index contributed by atoms with van der Waals surface area (Å²) in [5.74, 6) is 0. The molecule has 0 N–H and O–H groups in total. The Bertz CT molecular complexity index is 1540. The van der Waals surface area contributed by atoms with Gasteiger partial charge >= 0.3 is 28.4 Å². The van der Waals surface area contributed by atoms with Gasteiger partial charge in [-0.1, -0.05) is 99.2 Å². The summed E-state index contributed by atoms with van der Waals surface area (Å²) in [5, 5.41) is 2.60. The summed E-state index contributed by atoms with van der Waals surface area (Å²) in [5.41, 5.74) is 10.6. The van der Waals surface area contributed by atoms with E-state index in [4.69, 9.17) is 46.4 Å². The van der Waals surface area contributed by atoms with E-state index in [1.54, 1.807) is 24.3 Å². The van der Waals surface area contributed by atoms with Crippen LogP contribution in [-0.4, -0.2) is 4.21 Å². The van der Waals surface area contributed by atoms with Crippen molar-refractivity contribution in [3.05, 3.63) is 151 Å². The average molecular weight is 841 g/mol. The average Bonchev–Trinajstić information content (AvgIpc) is 3.69. The zero-order chi connectivity index (χ0) is 34.7.